The highest BCUT2D eigenvalue weighted by atomic mass is 32.2. The van der Waals surface area contributed by atoms with Crippen LogP contribution < -0.4 is 0 Å². The highest BCUT2D eigenvalue weighted by molar-refractivity contribution is 7.91. The van der Waals surface area contributed by atoms with E-state index in [9.17, 15) is 8.42 Å². The Morgan fingerprint density at radius 3 is 2.74 bits per heavy atom. The smallest absolute Gasteiger partial charge is 0.178 e. The Morgan fingerprint density at radius 1 is 1.17 bits per heavy atom. The predicted molar refractivity (Wildman–Crippen MR) is 90.0 cm³/mol. The highest BCUT2D eigenvalue weighted by Crippen LogP contribution is 2.24. The van der Waals surface area contributed by atoms with Gasteiger partial charge in [-0.3, -0.25) is 0 Å². The lowest BCUT2D eigenvalue weighted by Gasteiger charge is -2.02. The number of benzene rings is 2. The number of H-pyrrole nitrogens is 1. The van der Waals surface area contributed by atoms with Crippen molar-refractivity contribution < 1.29 is 13.2 Å². The molecule has 0 fully saturated rings. The zero-order valence-electron chi connectivity index (χ0n) is 13.0. The number of nitrogens with one attached hydrogen (secondary N) is 1. The van der Waals surface area contributed by atoms with Gasteiger partial charge >= 0.3 is 0 Å². The third-order valence-corrected chi connectivity index (χ3v) is 5.44. The molecule has 0 aliphatic rings. The Balaban J connectivity index is 2.05. The summed E-state index contributed by atoms with van der Waals surface area (Å²) in [7, 11) is -1.57. The van der Waals surface area contributed by atoms with E-state index in [4.69, 9.17) is 4.74 Å². The summed E-state index contributed by atoms with van der Waals surface area (Å²) in [6, 6.07) is 12.9. The van der Waals surface area contributed by atoms with Crippen LogP contribution in [-0.2, 0) is 21.2 Å². The zero-order valence-corrected chi connectivity index (χ0v) is 13.9. The van der Waals surface area contributed by atoms with Gasteiger partial charge in [-0.05, 0) is 29.8 Å². The Hall–Kier alpha value is -2.18. The summed E-state index contributed by atoms with van der Waals surface area (Å²) in [6.07, 6.45) is 0. The molecule has 0 aliphatic carbocycles. The summed E-state index contributed by atoms with van der Waals surface area (Å²) in [6.45, 7) is 2.17. The van der Waals surface area contributed by atoms with Crippen molar-refractivity contribution in [1.29, 1.82) is 0 Å². The number of imidazole rings is 1. The van der Waals surface area contributed by atoms with Crippen LogP contribution in [0.5, 0.6) is 0 Å². The molecular weight excluding hydrogens is 312 g/mol. The molecule has 0 atom stereocenters. The lowest BCUT2D eigenvalue weighted by atomic mass is 10.1. The van der Waals surface area contributed by atoms with E-state index in [0.717, 1.165) is 16.6 Å². The number of rotatable bonds is 5. The van der Waals surface area contributed by atoms with Crippen molar-refractivity contribution in [2.75, 3.05) is 12.9 Å². The number of hydrogen-bond donors (Lipinski definition) is 1. The van der Waals surface area contributed by atoms with Crippen molar-refractivity contribution in [3.63, 3.8) is 0 Å². The monoisotopic (exact) mass is 330 g/mol. The third-order valence-electron chi connectivity index (χ3n) is 3.70. The van der Waals surface area contributed by atoms with E-state index in [1.807, 2.05) is 24.3 Å². The topological polar surface area (TPSA) is 72.1 Å². The summed E-state index contributed by atoms with van der Waals surface area (Å²) >= 11 is 0. The maximum Gasteiger partial charge on any atom is 0.178 e. The van der Waals surface area contributed by atoms with Crippen molar-refractivity contribution in [1.82, 2.24) is 9.97 Å². The first-order chi connectivity index (χ1) is 11.0. The number of nitrogens with zero attached hydrogens (tertiary/aromatic N) is 1. The molecule has 5 nitrogen and oxygen atoms in total. The molecular formula is C17H18N2O3S. The van der Waals surface area contributed by atoms with Gasteiger partial charge in [0.05, 0.1) is 28.3 Å². The fourth-order valence-corrected chi connectivity index (χ4v) is 3.37. The molecule has 3 aromatic rings. The fourth-order valence-electron chi connectivity index (χ4n) is 2.46. The molecule has 6 heteroatoms. The van der Waals surface area contributed by atoms with E-state index in [2.05, 4.69) is 9.97 Å². The van der Waals surface area contributed by atoms with Gasteiger partial charge in [0.15, 0.2) is 9.84 Å². The van der Waals surface area contributed by atoms with Crippen LogP contribution >= 0.6 is 0 Å². The number of ether oxygens (including phenoxy) is 1. The Morgan fingerprint density at radius 2 is 2.00 bits per heavy atom. The zero-order chi connectivity index (χ0) is 16.4. The van der Waals surface area contributed by atoms with Gasteiger partial charge < -0.3 is 9.72 Å². The SMILES string of the molecule is CCS(=O)(=O)c1ccc2nc(-c3cccc(COC)c3)[nH]c2c1. The first kappa shape index (κ1) is 15.7. The average molecular weight is 330 g/mol. The Kier molecular flexibility index (Phi) is 4.19. The molecule has 0 radical (unpaired) electrons. The van der Waals surface area contributed by atoms with E-state index in [0.29, 0.717) is 22.8 Å². The van der Waals surface area contributed by atoms with Crippen molar-refractivity contribution in [2.45, 2.75) is 18.4 Å². The second-order valence-electron chi connectivity index (χ2n) is 5.30. The molecule has 0 saturated heterocycles. The van der Waals surface area contributed by atoms with Crippen LogP contribution in [0.25, 0.3) is 22.4 Å². The maximum absolute atomic E-state index is 12.0. The van der Waals surface area contributed by atoms with Crippen LogP contribution in [0.15, 0.2) is 47.4 Å². The van der Waals surface area contributed by atoms with Crippen LogP contribution in [0.3, 0.4) is 0 Å². The van der Waals surface area contributed by atoms with Crippen molar-refractivity contribution in [3.8, 4) is 11.4 Å². The van der Waals surface area contributed by atoms with Crippen LogP contribution in [0.2, 0.25) is 0 Å². The number of methoxy groups -OCH3 is 1. The molecule has 23 heavy (non-hydrogen) atoms. The van der Waals surface area contributed by atoms with Gasteiger partial charge in [0.2, 0.25) is 0 Å². The molecule has 1 N–H and O–H groups in total. The quantitative estimate of drug-likeness (QED) is 0.780. The van der Waals surface area contributed by atoms with Gasteiger partial charge in [-0.1, -0.05) is 25.1 Å². The molecule has 0 aliphatic heterocycles. The molecule has 0 saturated carbocycles. The lowest BCUT2D eigenvalue weighted by Crippen LogP contribution is -2.03. The Labute approximate surface area is 135 Å². The van der Waals surface area contributed by atoms with Gasteiger partial charge in [0, 0.05) is 12.7 Å². The molecule has 3 rings (SSSR count). The second-order valence-corrected chi connectivity index (χ2v) is 7.58. The normalized spacial score (nSPS) is 11.9. The molecule has 0 amide bonds. The molecule has 0 spiro atoms. The molecule has 1 heterocycles. The largest absolute Gasteiger partial charge is 0.380 e. The van der Waals surface area contributed by atoms with Crippen molar-refractivity contribution >= 4 is 20.9 Å². The van der Waals surface area contributed by atoms with E-state index in [-0.39, 0.29) is 5.75 Å². The van der Waals surface area contributed by atoms with Gasteiger partial charge in [-0.25, -0.2) is 13.4 Å². The summed E-state index contributed by atoms with van der Waals surface area (Å²) in [5.41, 5.74) is 3.45. The van der Waals surface area contributed by atoms with E-state index < -0.39 is 9.84 Å². The minimum atomic E-state index is -3.22. The average Bonchev–Trinajstić information content (AvgIpc) is 2.98. The lowest BCUT2D eigenvalue weighted by molar-refractivity contribution is 0.185. The standard InChI is InChI=1S/C17H18N2O3S/c1-3-23(20,21)14-7-8-15-16(10-14)19-17(18-15)13-6-4-5-12(9-13)11-22-2/h4-10H,3,11H2,1-2H3,(H,18,19). The van der Waals surface area contributed by atoms with Crippen molar-refractivity contribution in [3.05, 3.63) is 48.0 Å². The summed E-state index contributed by atoms with van der Waals surface area (Å²) in [4.78, 5) is 8.06. The first-order valence-corrected chi connectivity index (χ1v) is 8.99. The fraction of sp³-hybridized carbons (Fsp3) is 0.235. The summed E-state index contributed by atoms with van der Waals surface area (Å²) < 4.78 is 29.1. The third kappa shape index (κ3) is 3.13. The second kappa shape index (κ2) is 6.14. The van der Waals surface area contributed by atoms with Crippen LogP contribution in [0.1, 0.15) is 12.5 Å². The number of fused-ring (bicyclic) bond motifs is 1. The van der Waals surface area contributed by atoms with Gasteiger partial charge in [-0.15, -0.1) is 0 Å². The first-order valence-electron chi connectivity index (χ1n) is 7.34. The summed E-state index contributed by atoms with van der Waals surface area (Å²) in [5.74, 6) is 0.794. The molecule has 0 unspecified atom stereocenters. The number of aromatic nitrogens is 2. The molecule has 120 valence electrons. The minimum absolute atomic E-state index is 0.0819. The Bertz CT molecular complexity index is 945. The summed E-state index contributed by atoms with van der Waals surface area (Å²) in [5, 5.41) is 0. The van der Waals surface area contributed by atoms with Crippen LogP contribution in [-0.4, -0.2) is 31.2 Å². The number of hydrogen-bond acceptors (Lipinski definition) is 4. The van der Waals surface area contributed by atoms with Gasteiger partial charge in [0.1, 0.15) is 5.82 Å². The maximum atomic E-state index is 12.0. The highest BCUT2D eigenvalue weighted by Gasteiger charge is 2.14. The molecule has 0 bridgehead atoms. The van der Waals surface area contributed by atoms with Crippen LogP contribution in [0, 0.1) is 0 Å². The molecule has 2 aromatic carbocycles. The van der Waals surface area contributed by atoms with E-state index >= 15 is 0 Å². The van der Waals surface area contributed by atoms with E-state index in [1.165, 1.54) is 0 Å². The van der Waals surface area contributed by atoms with Crippen molar-refractivity contribution in [2.24, 2.45) is 0 Å². The van der Waals surface area contributed by atoms with Crippen LogP contribution in [0.4, 0.5) is 0 Å². The van der Waals surface area contributed by atoms with E-state index in [1.54, 1.807) is 32.2 Å². The van der Waals surface area contributed by atoms with Gasteiger partial charge in [0.25, 0.3) is 0 Å². The van der Waals surface area contributed by atoms with Gasteiger partial charge in [-0.2, -0.15) is 0 Å². The number of aromatic amines is 1. The number of sulfone groups is 1. The minimum Gasteiger partial charge on any atom is -0.380 e. The molecule has 1 aromatic heterocycles. The predicted octanol–water partition coefficient (Wildman–Crippen LogP) is 3.17.